The molecule has 4 heteroatoms. The lowest BCUT2D eigenvalue weighted by atomic mass is 9.61. The fourth-order valence-corrected chi connectivity index (χ4v) is 6.29. The number of allylic oxidation sites excluding steroid dienone is 2. The number of hydrogen-bond acceptors (Lipinski definition) is 2. The molecule has 0 aromatic heterocycles. The average molecular weight is 266 g/mol. The van der Waals surface area contributed by atoms with Crippen LogP contribution in [0.1, 0.15) is 19.8 Å². The van der Waals surface area contributed by atoms with Crippen molar-refractivity contribution in [1.29, 1.82) is 0 Å². The van der Waals surface area contributed by atoms with Crippen molar-refractivity contribution >= 4 is 5.97 Å². The molecule has 0 aromatic rings. The van der Waals surface area contributed by atoms with Gasteiger partial charge in [0.1, 0.15) is 6.10 Å². The highest BCUT2D eigenvalue weighted by Crippen LogP contribution is 2.75. The number of fused-ring (bicyclic) bond motifs is 12. The molecule has 4 bridgehead atoms. The molecule has 102 valence electrons. The molecule has 5 rings (SSSR count). The van der Waals surface area contributed by atoms with E-state index in [9.17, 15) is 4.79 Å². The van der Waals surface area contributed by atoms with Gasteiger partial charge in [0.25, 0.3) is 0 Å². The summed E-state index contributed by atoms with van der Waals surface area (Å²) in [7, 11) is 0. The summed E-state index contributed by atoms with van der Waals surface area (Å²) in [5, 5.41) is 0. The van der Waals surface area contributed by atoms with Crippen LogP contribution in [0.5, 0.6) is 0 Å². The summed E-state index contributed by atoms with van der Waals surface area (Å²) in [6.45, 7) is 1.51. The van der Waals surface area contributed by atoms with Gasteiger partial charge in [-0.25, -0.2) is 13.6 Å². The third-order valence-electron chi connectivity index (χ3n) is 6.80. The predicted octanol–water partition coefficient (Wildman–Crippen LogP) is 2.44. The largest absolute Gasteiger partial charge is 0.457 e. The zero-order valence-corrected chi connectivity index (χ0v) is 10.7. The summed E-state index contributed by atoms with van der Waals surface area (Å²) in [6, 6.07) is 0. The molecule has 0 aromatic carbocycles. The van der Waals surface area contributed by atoms with Gasteiger partial charge in [-0.2, -0.15) is 0 Å². The summed E-state index contributed by atoms with van der Waals surface area (Å²) < 4.78 is 35.7. The van der Waals surface area contributed by atoms with Crippen molar-refractivity contribution < 1.29 is 18.3 Å². The number of hydrogen-bond donors (Lipinski definition) is 0. The van der Waals surface area contributed by atoms with Gasteiger partial charge in [0.2, 0.25) is 5.67 Å². The standard InChI is InChI=1S/C15H16F2O2/c1-6-14(16)9-5-10(15(14,17)13(18)19-6)12-8-3-2-7(4-8)11(9)12/h2-3,6-12H,4-5H2,1H3/t6-,7-,8+,9+,10-,11?,12?,14-,15-/m0/s1. The number of alkyl halides is 2. The lowest BCUT2D eigenvalue weighted by Crippen LogP contribution is -2.60. The SMILES string of the molecule is C[C@@H]1OC(=O)[C@@]2(F)[C@H]3C[C@H](C4C3[C@@H]3C=C[C@H]4C3)[C@@]12F. The maximum absolute atomic E-state index is 15.4. The number of ether oxygens (including phenoxy) is 1. The molecule has 0 radical (unpaired) electrons. The fraction of sp³-hybridized carbons (Fsp3) is 0.800. The molecular weight excluding hydrogens is 250 g/mol. The second-order valence-corrected chi connectivity index (χ2v) is 7.08. The molecule has 1 aliphatic heterocycles. The number of cyclic esters (lactones) is 1. The lowest BCUT2D eigenvalue weighted by Gasteiger charge is -2.44. The van der Waals surface area contributed by atoms with Gasteiger partial charge in [-0.1, -0.05) is 12.2 Å². The number of carbonyl (C=O) groups is 1. The van der Waals surface area contributed by atoms with Crippen LogP contribution >= 0.6 is 0 Å². The Bertz CT molecular complexity index is 532. The lowest BCUT2D eigenvalue weighted by molar-refractivity contribution is -0.157. The fourth-order valence-electron chi connectivity index (χ4n) is 6.29. The van der Waals surface area contributed by atoms with E-state index in [1.165, 1.54) is 6.92 Å². The maximum Gasteiger partial charge on any atom is 0.348 e. The maximum atomic E-state index is 15.4. The normalized spacial score (nSPS) is 67.5. The van der Waals surface area contributed by atoms with Crippen molar-refractivity contribution in [3.8, 4) is 0 Å². The van der Waals surface area contributed by atoms with E-state index in [0.29, 0.717) is 18.3 Å². The molecule has 0 N–H and O–H groups in total. The van der Waals surface area contributed by atoms with Crippen LogP contribution in [-0.2, 0) is 9.53 Å². The molecule has 9 atom stereocenters. The van der Waals surface area contributed by atoms with E-state index in [4.69, 9.17) is 4.74 Å². The Hall–Kier alpha value is -0.930. The predicted molar refractivity (Wildman–Crippen MR) is 62.5 cm³/mol. The molecule has 0 amide bonds. The topological polar surface area (TPSA) is 26.3 Å². The minimum atomic E-state index is -2.38. The van der Waals surface area contributed by atoms with E-state index in [0.717, 1.165) is 6.42 Å². The van der Waals surface area contributed by atoms with Gasteiger partial charge in [-0.15, -0.1) is 0 Å². The van der Waals surface area contributed by atoms with Gasteiger partial charge >= 0.3 is 5.97 Å². The minimum absolute atomic E-state index is 0.159. The summed E-state index contributed by atoms with van der Waals surface area (Å²) >= 11 is 0. The number of rotatable bonds is 0. The second-order valence-electron chi connectivity index (χ2n) is 7.08. The smallest absolute Gasteiger partial charge is 0.348 e. The monoisotopic (exact) mass is 266 g/mol. The first kappa shape index (κ1) is 10.8. The van der Waals surface area contributed by atoms with Crippen molar-refractivity contribution in [3.05, 3.63) is 12.2 Å². The van der Waals surface area contributed by atoms with E-state index >= 15 is 8.78 Å². The molecule has 3 saturated carbocycles. The highest BCUT2D eigenvalue weighted by atomic mass is 19.2. The molecule has 1 heterocycles. The summed E-state index contributed by atoms with van der Waals surface area (Å²) in [4.78, 5) is 11.9. The first-order valence-electron chi connectivity index (χ1n) is 7.26. The van der Waals surface area contributed by atoms with Crippen LogP contribution in [0.15, 0.2) is 12.2 Å². The molecule has 1 saturated heterocycles. The zero-order valence-electron chi connectivity index (χ0n) is 10.7. The number of esters is 1. The highest BCUT2D eigenvalue weighted by Gasteiger charge is 2.86. The van der Waals surface area contributed by atoms with Gasteiger partial charge in [0.15, 0.2) is 5.67 Å². The van der Waals surface area contributed by atoms with Gasteiger partial charge in [0, 0.05) is 11.8 Å². The number of carbonyl (C=O) groups excluding carboxylic acids is 1. The van der Waals surface area contributed by atoms with Crippen LogP contribution in [0.3, 0.4) is 0 Å². The quantitative estimate of drug-likeness (QED) is 0.382. The van der Waals surface area contributed by atoms with Crippen molar-refractivity contribution in [3.63, 3.8) is 0 Å². The van der Waals surface area contributed by atoms with Crippen LogP contribution in [0.4, 0.5) is 8.78 Å². The molecule has 5 aliphatic rings. The van der Waals surface area contributed by atoms with E-state index < -0.39 is 29.3 Å². The van der Waals surface area contributed by atoms with Crippen LogP contribution in [0, 0.1) is 35.5 Å². The van der Waals surface area contributed by atoms with Crippen LogP contribution in [0.25, 0.3) is 0 Å². The highest BCUT2D eigenvalue weighted by molar-refractivity contribution is 5.86. The third kappa shape index (κ3) is 0.813. The summed E-state index contributed by atoms with van der Waals surface area (Å²) in [6.07, 6.45) is 4.94. The van der Waals surface area contributed by atoms with Gasteiger partial charge in [-0.05, 0) is 43.4 Å². The van der Waals surface area contributed by atoms with Crippen molar-refractivity contribution in [2.75, 3.05) is 0 Å². The van der Waals surface area contributed by atoms with E-state index in [2.05, 4.69) is 12.2 Å². The van der Waals surface area contributed by atoms with Crippen LogP contribution in [0.2, 0.25) is 0 Å². The second kappa shape index (κ2) is 2.75. The molecule has 19 heavy (non-hydrogen) atoms. The third-order valence-corrected chi connectivity index (χ3v) is 6.80. The van der Waals surface area contributed by atoms with Crippen molar-refractivity contribution in [2.45, 2.75) is 37.2 Å². The number of halogens is 2. The van der Waals surface area contributed by atoms with Crippen LogP contribution < -0.4 is 0 Å². The Morgan fingerprint density at radius 2 is 1.79 bits per heavy atom. The summed E-state index contributed by atoms with van der Waals surface area (Å²) in [5.74, 6) is -0.618. The summed E-state index contributed by atoms with van der Waals surface area (Å²) in [5.41, 5.74) is -4.47. The van der Waals surface area contributed by atoms with Crippen molar-refractivity contribution in [1.82, 2.24) is 0 Å². The Morgan fingerprint density at radius 1 is 1.16 bits per heavy atom. The van der Waals surface area contributed by atoms with E-state index in [1.54, 1.807) is 0 Å². The Balaban J connectivity index is 1.71. The van der Waals surface area contributed by atoms with E-state index in [1.807, 2.05) is 0 Å². The average Bonchev–Trinajstić information content (AvgIpc) is 3.10. The van der Waals surface area contributed by atoms with Crippen molar-refractivity contribution in [2.24, 2.45) is 35.5 Å². The zero-order chi connectivity index (χ0) is 13.2. The Morgan fingerprint density at radius 3 is 2.47 bits per heavy atom. The van der Waals surface area contributed by atoms with Gasteiger partial charge < -0.3 is 4.74 Å². The minimum Gasteiger partial charge on any atom is -0.457 e. The molecular formula is C15H16F2O2. The van der Waals surface area contributed by atoms with Crippen LogP contribution in [-0.4, -0.2) is 23.4 Å². The Labute approximate surface area is 110 Å². The molecule has 4 aliphatic carbocycles. The first-order valence-corrected chi connectivity index (χ1v) is 7.26. The molecule has 2 nitrogen and oxygen atoms in total. The molecule has 0 spiro atoms. The first-order chi connectivity index (χ1) is 8.99. The van der Waals surface area contributed by atoms with Gasteiger partial charge in [0.05, 0.1) is 0 Å². The molecule has 4 fully saturated rings. The molecule has 2 unspecified atom stereocenters. The van der Waals surface area contributed by atoms with Gasteiger partial charge in [-0.3, -0.25) is 0 Å². The van der Waals surface area contributed by atoms with E-state index in [-0.39, 0.29) is 17.8 Å². The Kier molecular flexibility index (Phi) is 1.56.